The van der Waals surface area contributed by atoms with E-state index in [1.54, 1.807) is 12.1 Å². The second-order valence-electron chi connectivity index (χ2n) is 3.51. The smallest absolute Gasteiger partial charge is 0.369 e. The monoisotopic (exact) mass is 231 g/mol. The van der Waals surface area contributed by atoms with Gasteiger partial charge in [0.25, 0.3) is 5.91 Å². The van der Waals surface area contributed by atoms with E-state index in [0.29, 0.717) is 4.90 Å². The standard InChI is InChI=1S/C10H8F3NO2/c11-10(12,13)5-14-8(15)6-3-1-2-4-7(6)9(14)16/h1-4,8,15H,5H2. The molecule has 1 unspecified atom stereocenters. The van der Waals surface area contributed by atoms with Gasteiger partial charge in [-0.05, 0) is 6.07 Å². The molecule has 2 rings (SSSR count). The van der Waals surface area contributed by atoms with Crippen LogP contribution in [0.5, 0.6) is 0 Å². The first-order valence-corrected chi connectivity index (χ1v) is 4.55. The molecule has 1 aliphatic heterocycles. The van der Waals surface area contributed by atoms with Gasteiger partial charge in [-0.3, -0.25) is 9.69 Å². The van der Waals surface area contributed by atoms with Crippen LogP contribution in [-0.2, 0) is 0 Å². The van der Waals surface area contributed by atoms with Gasteiger partial charge in [-0.15, -0.1) is 0 Å². The molecular formula is C10H8F3NO2. The van der Waals surface area contributed by atoms with Crippen LogP contribution in [-0.4, -0.2) is 28.6 Å². The van der Waals surface area contributed by atoms with Gasteiger partial charge in [0.05, 0.1) is 0 Å². The van der Waals surface area contributed by atoms with E-state index in [0.717, 1.165) is 0 Å². The van der Waals surface area contributed by atoms with E-state index in [2.05, 4.69) is 0 Å². The number of aliphatic hydroxyl groups excluding tert-OH is 1. The number of benzene rings is 1. The summed E-state index contributed by atoms with van der Waals surface area (Å²) in [5, 5.41) is 9.58. The molecule has 16 heavy (non-hydrogen) atoms. The molecule has 1 atom stereocenters. The predicted molar refractivity (Wildman–Crippen MR) is 48.5 cm³/mol. The van der Waals surface area contributed by atoms with Crippen molar-refractivity contribution in [2.24, 2.45) is 0 Å². The van der Waals surface area contributed by atoms with Gasteiger partial charge in [0.1, 0.15) is 6.54 Å². The number of rotatable bonds is 1. The Bertz CT molecular complexity index is 430. The average Bonchev–Trinajstić information content (AvgIpc) is 2.43. The van der Waals surface area contributed by atoms with Gasteiger partial charge in [0.2, 0.25) is 0 Å². The summed E-state index contributed by atoms with van der Waals surface area (Å²) in [6.45, 7) is -1.44. The minimum Gasteiger partial charge on any atom is -0.369 e. The summed E-state index contributed by atoms with van der Waals surface area (Å²) in [7, 11) is 0. The molecule has 1 N–H and O–H groups in total. The van der Waals surface area contributed by atoms with Crippen molar-refractivity contribution in [1.82, 2.24) is 4.90 Å². The number of hydrogen-bond donors (Lipinski definition) is 1. The summed E-state index contributed by atoms with van der Waals surface area (Å²) >= 11 is 0. The Hall–Kier alpha value is -1.56. The number of alkyl halides is 3. The molecule has 1 aromatic carbocycles. The van der Waals surface area contributed by atoms with Crippen LogP contribution in [0.1, 0.15) is 22.1 Å². The van der Waals surface area contributed by atoms with E-state index in [-0.39, 0.29) is 11.1 Å². The third kappa shape index (κ3) is 1.76. The molecule has 0 fully saturated rings. The first-order valence-electron chi connectivity index (χ1n) is 4.55. The number of amides is 1. The number of fused-ring (bicyclic) bond motifs is 1. The molecule has 1 heterocycles. The van der Waals surface area contributed by atoms with Crippen LogP contribution >= 0.6 is 0 Å². The average molecular weight is 231 g/mol. The van der Waals surface area contributed by atoms with Crippen molar-refractivity contribution in [3.8, 4) is 0 Å². The minimum atomic E-state index is -4.52. The van der Waals surface area contributed by atoms with Gasteiger partial charge in [-0.25, -0.2) is 0 Å². The summed E-state index contributed by atoms with van der Waals surface area (Å²) in [6.07, 6.45) is -6.02. The maximum absolute atomic E-state index is 12.2. The fraction of sp³-hybridized carbons (Fsp3) is 0.300. The molecule has 86 valence electrons. The molecule has 1 amide bonds. The quantitative estimate of drug-likeness (QED) is 0.799. The van der Waals surface area contributed by atoms with Crippen LogP contribution < -0.4 is 0 Å². The van der Waals surface area contributed by atoms with Crippen molar-refractivity contribution < 1.29 is 23.1 Å². The molecule has 0 bridgehead atoms. The number of aliphatic hydroxyl groups is 1. The van der Waals surface area contributed by atoms with Crippen LogP contribution in [0.25, 0.3) is 0 Å². The fourth-order valence-electron chi connectivity index (χ4n) is 1.70. The second-order valence-corrected chi connectivity index (χ2v) is 3.51. The summed E-state index contributed by atoms with van der Waals surface area (Å²) in [5.41, 5.74) is 0.344. The third-order valence-electron chi connectivity index (χ3n) is 2.38. The molecule has 0 aliphatic carbocycles. The highest BCUT2D eigenvalue weighted by atomic mass is 19.4. The molecule has 0 radical (unpaired) electrons. The maximum atomic E-state index is 12.2. The second kappa shape index (κ2) is 3.48. The molecule has 0 spiro atoms. The van der Waals surface area contributed by atoms with E-state index in [4.69, 9.17) is 0 Å². The van der Waals surface area contributed by atoms with Crippen LogP contribution in [0.4, 0.5) is 13.2 Å². The number of nitrogens with zero attached hydrogens (tertiary/aromatic N) is 1. The minimum absolute atomic E-state index is 0.124. The molecule has 3 nitrogen and oxygen atoms in total. The Morgan fingerprint density at radius 2 is 1.94 bits per heavy atom. The zero-order valence-electron chi connectivity index (χ0n) is 8.03. The van der Waals surface area contributed by atoms with Crippen molar-refractivity contribution >= 4 is 5.91 Å². The molecule has 0 aromatic heterocycles. The summed E-state index contributed by atoms with van der Waals surface area (Å²) in [4.78, 5) is 12.0. The van der Waals surface area contributed by atoms with Gasteiger partial charge >= 0.3 is 6.18 Å². The number of carbonyl (C=O) groups excluding carboxylic acids is 1. The van der Waals surface area contributed by atoms with Gasteiger partial charge in [-0.2, -0.15) is 13.2 Å². The zero-order valence-corrected chi connectivity index (χ0v) is 8.03. The Balaban J connectivity index is 2.32. The molecular weight excluding hydrogens is 223 g/mol. The van der Waals surface area contributed by atoms with Crippen molar-refractivity contribution in [2.45, 2.75) is 12.4 Å². The molecule has 6 heteroatoms. The number of carbonyl (C=O) groups is 1. The normalized spacial score (nSPS) is 20.1. The Labute approximate surface area is 89.1 Å². The van der Waals surface area contributed by atoms with Crippen molar-refractivity contribution in [2.75, 3.05) is 6.54 Å². The van der Waals surface area contributed by atoms with Crippen molar-refractivity contribution in [3.05, 3.63) is 35.4 Å². The highest BCUT2D eigenvalue weighted by Crippen LogP contribution is 2.33. The Morgan fingerprint density at radius 3 is 2.50 bits per heavy atom. The fourth-order valence-corrected chi connectivity index (χ4v) is 1.70. The van der Waals surface area contributed by atoms with Crippen molar-refractivity contribution in [3.63, 3.8) is 0 Å². The number of hydrogen-bond acceptors (Lipinski definition) is 2. The van der Waals surface area contributed by atoms with E-state index in [1.807, 2.05) is 0 Å². The predicted octanol–water partition coefficient (Wildman–Crippen LogP) is 1.70. The van der Waals surface area contributed by atoms with E-state index in [1.165, 1.54) is 12.1 Å². The van der Waals surface area contributed by atoms with Crippen molar-refractivity contribution in [1.29, 1.82) is 0 Å². The molecule has 1 aliphatic rings. The Morgan fingerprint density at radius 1 is 1.31 bits per heavy atom. The lowest BCUT2D eigenvalue weighted by Crippen LogP contribution is -2.36. The van der Waals surface area contributed by atoms with Gasteiger partial charge in [0, 0.05) is 11.1 Å². The highest BCUT2D eigenvalue weighted by molar-refractivity contribution is 5.98. The van der Waals surface area contributed by atoms with E-state index in [9.17, 15) is 23.1 Å². The van der Waals surface area contributed by atoms with Crippen LogP contribution in [0, 0.1) is 0 Å². The first kappa shape index (κ1) is 10.9. The van der Waals surface area contributed by atoms with Crippen LogP contribution in [0.3, 0.4) is 0 Å². The lowest BCUT2D eigenvalue weighted by Gasteiger charge is -2.21. The number of halogens is 3. The summed E-state index contributed by atoms with van der Waals surface area (Å²) in [6, 6.07) is 5.94. The topological polar surface area (TPSA) is 40.5 Å². The van der Waals surface area contributed by atoms with Crippen LogP contribution in [0.15, 0.2) is 24.3 Å². The van der Waals surface area contributed by atoms with E-state index >= 15 is 0 Å². The van der Waals surface area contributed by atoms with Crippen LogP contribution in [0.2, 0.25) is 0 Å². The summed E-state index contributed by atoms with van der Waals surface area (Å²) in [5.74, 6) is -0.791. The van der Waals surface area contributed by atoms with E-state index < -0.39 is 24.9 Å². The molecule has 1 aromatic rings. The highest BCUT2D eigenvalue weighted by Gasteiger charge is 2.42. The Kier molecular flexibility index (Phi) is 2.38. The molecule has 0 saturated heterocycles. The molecule has 0 saturated carbocycles. The maximum Gasteiger partial charge on any atom is 0.406 e. The third-order valence-corrected chi connectivity index (χ3v) is 2.38. The summed E-state index contributed by atoms with van der Waals surface area (Å²) < 4.78 is 36.5. The first-order chi connectivity index (χ1) is 7.40. The van der Waals surface area contributed by atoms with Gasteiger partial charge in [-0.1, -0.05) is 18.2 Å². The van der Waals surface area contributed by atoms with Gasteiger partial charge < -0.3 is 5.11 Å². The lowest BCUT2D eigenvalue weighted by molar-refractivity contribution is -0.155. The lowest BCUT2D eigenvalue weighted by atomic mass is 10.1. The SMILES string of the molecule is O=C1c2ccccc2C(O)N1CC(F)(F)F. The largest absolute Gasteiger partial charge is 0.406 e. The van der Waals surface area contributed by atoms with Gasteiger partial charge in [0.15, 0.2) is 6.23 Å². The zero-order chi connectivity index (χ0) is 11.9.